The Bertz CT molecular complexity index is 460. The van der Waals surface area contributed by atoms with Crippen LogP contribution in [-0.2, 0) is 13.1 Å². The molecular weight excluding hydrogens is 251 g/mol. The fourth-order valence-electron chi connectivity index (χ4n) is 3.94. The smallest absolute Gasteiger partial charge is 0.127 e. The van der Waals surface area contributed by atoms with Crippen LogP contribution in [0.15, 0.2) is 18.2 Å². The predicted molar refractivity (Wildman–Crippen MR) is 79.6 cm³/mol. The third-order valence-electron chi connectivity index (χ3n) is 5.12. The average molecular weight is 276 g/mol. The molecule has 0 radical (unpaired) electrons. The van der Waals surface area contributed by atoms with E-state index in [-0.39, 0.29) is 5.82 Å². The van der Waals surface area contributed by atoms with E-state index in [0.29, 0.717) is 6.54 Å². The molecule has 0 amide bonds. The summed E-state index contributed by atoms with van der Waals surface area (Å²) < 4.78 is 13.9. The number of nitrogens with zero attached hydrogens (tertiary/aromatic N) is 1. The summed E-state index contributed by atoms with van der Waals surface area (Å²) in [5.41, 5.74) is 7.48. The molecule has 1 aliphatic heterocycles. The van der Waals surface area contributed by atoms with E-state index in [0.717, 1.165) is 42.6 Å². The van der Waals surface area contributed by atoms with E-state index in [1.165, 1.54) is 32.1 Å². The lowest BCUT2D eigenvalue weighted by molar-refractivity contribution is 0.0813. The Morgan fingerprint density at radius 1 is 1.15 bits per heavy atom. The number of hydrogen-bond acceptors (Lipinski definition) is 2. The van der Waals surface area contributed by atoms with Crippen LogP contribution in [0.25, 0.3) is 0 Å². The Kier molecular flexibility index (Phi) is 4.37. The normalized spacial score (nSPS) is 27.3. The van der Waals surface area contributed by atoms with Gasteiger partial charge in [-0.2, -0.15) is 0 Å². The van der Waals surface area contributed by atoms with Crippen molar-refractivity contribution in [3.05, 3.63) is 35.1 Å². The first-order valence-electron chi connectivity index (χ1n) is 7.96. The molecule has 1 aromatic rings. The molecule has 1 saturated heterocycles. The van der Waals surface area contributed by atoms with Gasteiger partial charge in [-0.3, -0.25) is 4.90 Å². The highest BCUT2D eigenvalue weighted by Gasteiger charge is 2.31. The molecule has 0 aromatic heterocycles. The van der Waals surface area contributed by atoms with Gasteiger partial charge in [-0.05, 0) is 42.9 Å². The Balaban J connectivity index is 1.66. The second-order valence-corrected chi connectivity index (χ2v) is 6.46. The summed E-state index contributed by atoms with van der Waals surface area (Å²) >= 11 is 0. The minimum Gasteiger partial charge on any atom is -0.326 e. The summed E-state index contributed by atoms with van der Waals surface area (Å²) in [5.74, 6) is 1.69. The van der Waals surface area contributed by atoms with E-state index in [1.807, 2.05) is 6.07 Å². The summed E-state index contributed by atoms with van der Waals surface area (Å²) in [6.45, 7) is 3.49. The first-order chi connectivity index (χ1) is 9.76. The molecule has 1 heterocycles. The van der Waals surface area contributed by atoms with Crippen molar-refractivity contribution in [1.29, 1.82) is 0 Å². The van der Waals surface area contributed by atoms with E-state index in [9.17, 15) is 4.39 Å². The van der Waals surface area contributed by atoms with Crippen LogP contribution in [0.4, 0.5) is 4.39 Å². The minimum absolute atomic E-state index is 0.0898. The van der Waals surface area contributed by atoms with Crippen molar-refractivity contribution in [1.82, 2.24) is 4.90 Å². The Morgan fingerprint density at radius 3 is 2.75 bits per heavy atom. The van der Waals surface area contributed by atoms with Crippen LogP contribution in [0, 0.1) is 17.7 Å². The zero-order valence-corrected chi connectivity index (χ0v) is 12.2. The molecule has 1 aromatic carbocycles. The van der Waals surface area contributed by atoms with Crippen LogP contribution in [0.2, 0.25) is 0 Å². The van der Waals surface area contributed by atoms with Gasteiger partial charge in [0, 0.05) is 25.2 Å². The number of nitrogens with two attached hydrogens (primary N) is 1. The maximum atomic E-state index is 13.9. The molecule has 0 bridgehead atoms. The van der Waals surface area contributed by atoms with Crippen molar-refractivity contribution in [2.24, 2.45) is 17.6 Å². The van der Waals surface area contributed by atoms with Gasteiger partial charge >= 0.3 is 0 Å². The lowest BCUT2D eigenvalue weighted by Gasteiger charge is -2.41. The second kappa shape index (κ2) is 6.23. The zero-order chi connectivity index (χ0) is 13.9. The molecule has 2 N–H and O–H groups in total. The van der Waals surface area contributed by atoms with Crippen molar-refractivity contribution in [2.45, 2.75) is 45.2 Å². The standard InChI is InChI=1S/C17H25FN2/c18-17-6-5-13(10-19)9-16(17)12-20-8-7-14-3-1-2-4-15(14)11-20/h5-6,9,14-15H,1-4,7-8,10-12,19H2. The molecule has 20 heavy (non-hydrogen) atoms. The van der Waals surface area contributed by atoms with Gasteiger partial charge in [0.2, 0.25) is 0 Å². The summed E-state index contributed by atoms with van der Waals surface area (Å²) in [4.78, 5) is 2.44. The monoisotopic (exact) mass is 276 g/mol. The minimum atomic E-state index is -0.0898. The number of hydrogen-bond donors (Lipinski definition) is 1. The van der Waals surface area contributed by atoms with Gasteiger partial charge < -0.3 is 5.73 Å². The topological polar surface area (TPSA) is 29.3 Å². The maximum absolute atomic E-state index is 13.9. The number of piperidine rings is 1. The number of rotatable bonds is 3. The molecular formula is C17H25FN2. The fourth-order valence-corrected chi connectivity index (χ4v) is 3.94. The molecule has 2 fully saturated rings. The summed E-state index contributed by atoms with van der Waals surface area (Å²) in [5, 5.41) is 0. The molecule has 0 spiro atoms. The zero-order valence-electron chi connectivity index (χ0n) is 12.2. The van der Waals surface area contributed by atoms with Gasteiger partial charge in [-0.15, -0.1) is 0 Å². The van der Waals surface area contributed by atoms with Crippen LogP contribution in [0.5, 0.6) is 0 Å². The number of halogens is 1. The van der Waals surface area contributed by atoms with E-state index in [2.05, 4.69) is 4.90 Å². The Hall–Kier alpha value is -0.930. The molecule has 2 nitrogen and oxygen atoms in total. The molecule has 1 saturated carbocycles. The molecule has 110 valence electrons. The second-order valence-electron chi connectivity index (χ2n) is 6.46. The molecule has 1 aliphatic carbocycles. The quantitative estimate of drug-likeness (QED) is 0.918. The summed E-state index contributed by atoms with van der Waals surface area (Å²) in [6.07, 6.45) is 6.87. The van der Waals surface area contributed by atoms with Gasteiger partial charge in [-0.25, -0.2) is 4.39 Å². The van der Waals surface area contributed by atoms with Crippen LogP contribution < -0.4 is 5.73 Å². The van der Waals surface area contributed by atoms with E-state index in [1.54, 1.807) is 12.1 Å². The van der Waals surface area contributed by atoms with E-state index in [4.69, 9.17) is 5.73 Å². The molecule has 3 rings (SSSR count). The highest BCUT2D eigenvalue weighted by Crippen LogP contribution is 2.36. The van der Waals surface area contributed by atoms with Crippen LogP contribution in [0.3, 0.4) is 0 Å². The highest BCUT2D eigenvalue weighted by molar-refractivity contribution is 5.25. The van der Waals surface area contributed by atoms with Crippen molar-refractivity contribution >= 4 is 0 Å². The predicted octanol–water partition coefficient (Wildman–Crippen LogP) is 3.30. The summed E-state index contributed by atoms with van der Waals surface area (Å²) in [6, 6.07) is 5.28. The van der Waals surface area contributed by atoms with Crippen molar-refractivity contribution in [2.75, 3.05) is 13.1 Å². The van der Waals surface area contributed by atoms with Crippen LogP contribution >= 0.6 is 0 Å². The first-order valence-corrected chi connectivity index (χ1v) is 7.96. The van der Waals surface area contributed by atoms with Crippen molar-refractivity contribution in [3.8, 4) is 0 Å². The highest BCUT2D eigenvalue weighted by atomic mass is 19.1. The van der Waals surface area contributed by atoms with Crippen LogP contribution in [-0.4, -0.2) is 18.0 Å². The van der Waals surface area contributed by atoms with Crippen molar-refractivity contribution < 1.29 is 4.39 Å². The third-order valence-corrected chi connectivity index (χ3v) is 5.12. The van der Waals surface area contributed by atoms with Crippen LogP contribution in [0.1, 0.15) is 43.2 Å². The SMILES string of the molecule is NCc1ccc(F)c(CN2CCC3CCCCC3C2)c1. The lowest BCUT2D eigenvalue weighted by atomic mass is 9.75. The largest absolute Gasteiger partial charge is 0.326 e. The van der Waals surface area contributed by atoms with Crippen molar-refractivity contribution in [3.63, 3.8) is 0 Å². The molecule has 3 heteroatoms. The number of likely N-dealkylation sites (tertiary alicyclic amines) is 1. The Morgan fingerprint density at radius 2 is 1.95 bits per heavy atom. The number of fused-ring (bicyclic) bond motifs is 1. The molecule has 2 aliphatic rings. The lowest BCUT2D eigenvalue weighted by Crippen LogP contribution is -2.41. The molecule has 2 unspecified atom stereocenters. The Labute approximate surface area is 121 Å². The van der Waals surface area contributed by atoms with Gasteiger partial charge in [0.1, 0.15) is 5.82 Å². The number of benzene rings is 1. The van der Waals surface area contributed by atoms with Gasteiger partial charge in [0.25, 0.3) is 0 Å². The maximum Gasteiger partial charge on any atom is 0.127 e. The van der Waals surface area contributed by atoms with Gasteiger partial charge in [-0.1, -0.05) is 31.4 Å². The average Bonchev–Trinajstić information content (AvgIpc) is 2.49. The van der Waals surface area contributed by atoms with Gasteiger partial charge in [0.15, 0.2) is 0 Å². The third kappa shape index (κ3) is 3.04. The summed E-state index contributed by atoms with van der Waals surface area (Å²) in [7, 11) is 0. The van der Waals surface area contributed by atoms with E-state index >= 15 is 0 Å². The molecule has 2 atom stereocenters. The van der Waals surface area contributed by atoms with E-state index < -0.39 is 0 Å². The fraction of sp³-hybridized carbons (Fsp3) is 0.647. The van der Waals surface area contributed by atoms with Gasteiger partial charge in [0.05, 0.1) is 0 Å². The first kappa shape index (κ1) is 14.0.